The molecule has 0 saturated heterocycles. The van der Waals surface area contributed by atoms with E-state index in [9.17, 15) is 0 Å². The lowest BCUT2D eigenvalue weighted by Crippen LogP contribution is -2.16. The van der Waals surface area contributed by atoms with Crippen molar-refractivity contribution in [3.8, 4) is 0 Å². The summed E-state index contributed by atoms with van der Waals surface area (Å²) in [5.41, 5.74) is 2.66. The van der Waals surface area contributed by atoms with Gasteiger partial charge in [-0.15, -0.1) is 0 Å². The van der Waals surface area contributed by atoms with E-state index in [2.05, 4.69) is 65.5 Å². The molecular formula is C14H18N2. The average molecular weight is 214 g/mol. The second kappa shape index (κ2) is 4.99. The van der Waals surface area contributed by atoms with E-state index in [4.69, 9.17) is 0 Å². The molecule has 1 N–H and O–H groups in total. The third-order valence-electron chi connectivity index (χ3n) is 2.94. The van der Waals surface area contributed by atoms with Crippen molar-refractivity contribution in [2.45, 2.75) is 19.5 Å². The highest BCUT2D eigenvalue weighted by Gasteiger charge is 2.07. The zero-order valence-electron chi connectivity index (χ0n) is 9.85. The number of rotatable bonds is 4. The lowest BCUT2D eigenvalue weighted by Gasteiger charge is -2.14. The van der Waals surface area contributed by atoms with Crippen LogP contribution in [0, 0.1) is 0 Å². The molecule has 16 heavy (non-hydrogen) atoms. The first-order chi connectivity index (χ1) is 7.81. The van der Waals surface area contributed by atoms with E-state index in [1.165, 1.54) is 11.3 Å². The van der Waals surface area contributed by atoms with Gasteiger partial charge in [0.2, 0.25) is 0 Å². The third kappa shape index (κ3) is 2.34. The summed E-state index contributed by atoms with van der Waals surface area (Å²) in [5, 5.41) is 3.27. The molecule has 0 amide bonds. The summed E-state index contributed by atoms with van der Waals surface area (Å²) < 4.78 is 2.29. The first kappa shape index (κ1) is 11.0. The molecule has 0 fully saturated rings. The van der Waals surface area contributed by atoms with Crippen molar-refractivity contribution in [1.29, 1.82) is 0 Å². The molecule has 0 spiro atoms. The standard InChI is InChI=1S/C14H18N2/c1-12(15-2)14-9-6-10-16(14)11-13-7-4-3-5-8-13/h3-10,12,15H,11H2,1-2H3. The summed E-state index contributed by atoms with van der Waals surface area (Å²) in [7, 11) is 1.99. The molecule has 1 atom stereocenters. The van der Waals surface area contributed by atoms with Crippen LogP contribution in [0.25, 0.3) is 0 Å². The molecule has 2 heteroatoms. The van der Waals surface area contributed by atoms with Crippen molar-refractivity contribution in [2.75, 3.05) is 7.05 Å². The molecular weight excluding hydrogens is 196 g/mol. The number of aromatic nitrogens is 1. The van der Waals surface area contributed by atoms with Crippen LogP contribution in [0.5, 0.6) is 0 Å². The number of nitrogens with zero attached hydrogens (tertiary/aromatic N) is 1. The van der Waals surface area contributed by atoms with Crippen molar-refractivity contribution in [3.63, 3.8) is 0 Å². The number of hydrogen-bond acceptors (Lipinski definition) is 1. The lowest BCUT2D eigenvalue weighted by atomic mass is 10.2. The van der Waals surface area contributed by atoms with E-state index < -0.39 is 0 Å². The summed E-state index contributed by atoms with van der Waals surface area (Å²) in [5.74, 6) is 0. The topological polar surface area (TPSA) is 17.0 Å². The van der Waals surface area contributed by atoms with Crippen LogP contribution < -0.4 is 5.32 Å². The van der Waals surface area contributed by atoms with Crippen LogP contribution >= 0.6 is 0 Å². The molecule has 0 bridgehead atoms. The van der Waals surface area contributed by atoms with Crippen LogP contribution in [-0.4, -0.2) is 11.6 Å². The van der Waals surface area contributed by atoms with E-state index in [0.717, 1.165) is 6.54 Å². The van der Waals surface area contributed by atoms with Crippen LogP contribution in [0.2, 0.25) is 0 Å². The van der Waals surface area contributed by atoms with Crippen molar-refractivity contribution >= 4 is 0 Å². The van der Waals surface area contributed by atoms with Crippen LogP contribution in [0.1, 0.15) is 24.2 Å². The minimum absolute atomic E-state index is 0.388. The van der Waals surface area contributed by atoms with Gasteiger partial charge in [0.15, 0.2) is 0 Å². The Labute approximate surface area is 96.9 Å². The van der Waals surface area contributed by atoms with Gasteiger partial charge in [-0.2, -0.15) is 0 Å². The molecule has 2 aromatic rings. The molecule has 1 aromatic carbocycles. The Morgan fingerprint density at radius 1 is 1.12 bits per heavy atom. The maximum absolute atomic E-state index is 3.27. The van der Waals surface area contributed by atoms with Gasteiger partial charge in [0.1, 0.15) is 0 Å². The molecule has 84 valence electrons. The van der Waals surface area contributed by atoms with Crippen molar-refractivity contribution in [1.82, 2.24) is 9.88 Å². The predicted octanol–water partition coefficient (Wildman–Crippen LogP) is 2.82. The number of nitrogens with one attached hydrogen (secondary N) is 1. The summed E-state index contributed by atoms with van der Waals surface area (Å²) in [4.78, 5) is 0. The summed E-state index contributed by atoms with van der Waals surface area (Å²) in [6.45, 7) is 3.12. The fourth-order valence-corrected chi connectivity index (χ4v) is 1.89. The zero-order valence-corrected chi connectivity index (χ0v) is 9.85. The van der Waals surface area contributed by atoms with E-state index in [0.29, 0.717) is 6.04 Å². The molecule has 0 radical (unpaired) electrons. The van der Waals surface area contributed by atoms with Crippen molar-refractivity contribution in [2.24, 2.45) is 0 Å². The Balaban J connectivity index is 2.19. The van der Waals surface area contributed by atoms with Gasteiger partial charge in [-0.3, -0.25) is 0 Å². The SMILES string of the molecule is CNC(C)c1cccn1Cc1ccccc1. The van der Waals surface area contributed by atoms with Crippen LogP contribution in [0.4, 0.5) is 0 Å². The highest BCUT2D eigenvalue weighted by Crippen LogP contribution is 2.14. The van der Waals surface area contributed by atoms with Gasteiger partial charge in [0.25, 0.3) is 0 Å². The minimum atomic E-state index is 0.388. The van der Waals surface area contributed by atoms with Gasteiger partial charge in [0.05, 0.1) is 0 Å². The highest BCUT2D eigenvalue weighted by molar-refractivity contribution is 5.18. The minimum Gasteiger partial charge on any atom is -0.346 e. The Kier molecular flexibility index (Phi) is 3.42. The quantitative estimate of drug-likeness (QED) is 0.828. The fourth-order valence-electron chi connectivity index (χ4n) is 1.89. The molecule has 0 saturated carbocycles. The average Bonchev–Trinajstić information content (AvgIpc) is 2.77. The summed E-state index contributed by atoms with van der Waals surface area (Å²) in [6, 6.07) is 15.2. The van der Waals surface area contributed by atoms with Gasteiger partial charge in [0, 0.05) is 24.5 Å². The van der Waals surface area contributed by atoms with E-state index in [1.54, 1.807) is 0 Å². The van der Waals surface area contributed by atoms with Gasteiger partial charge in [-0.05, 0) is 31.7 Å². The van der Waals surface area contributed by atoms with Crippen LogP contribution in [-0.2, 0) is 6.54 Å². The maximum Gasteiger partial charge on any atom is 0.0473 e. The maximum atomic E-state index is 3.27. The molecule has 1 heterocycles. The molecule has 1 unspecified atom stereocenters. The highest BCUT2D eigenvalue weighted by atomic mass is 15.0. The number of hydrogen-bond donors (Lipinski definition) is 1. The van der Waals surface area contributed by atoms with Gasteiger partial charge >= 0.3 is 0 Å². The van der Waals surface area contributed by atoms with E-state index in [-0.39, 0.29) is 0 Å². The van der Waals surface area contributed by atoms with Crippen LogP contribution in [0.3, 0.4) is 0 Å². The van der Waals surface area contributed by atoms with Crippen molar-refractivity contribution in [3.05, 3.63) is 59.9 Å². The Hall–Kier alpha value is -1.54. The van der Waals surface area contributed by atoms with Gasteiger partial charge < -0.3 is 9.88 Å². The van der Waals surface area contributed by atoms with Gasteiger partial charge in [-0.1, -0.05) is 30.3 Å². The van der Waals surface area contributed by atoms with Crippen LogP contribution in [0.15, 0.2) is 48.7 Å². The summed E-state index contributed by atoms with van der Waals surface area (Å²) >= 11 is 0. The summed E-state index contributed by atoms with van der Waals surface area (Å²) in [6.07, 6.45) is 2.14. The van der Waals surface area contributed by atoms with E-state index in [1.807, 2.05) is 7.05 Å². The first-order valence-corrected chi connectivity index (χ1v) is 5.67. The molecule has 1 aromatic heterocycles. The van der Waals surface area contributed by atoms with Crippen molar-refractivity contribution < 1.29 is 0 Å². The zero-order chi connectivity index (χ0) is 11.4. The first-order valence-electron chi connectivity index (χ1n) is 5.67. The molecule has 2 nitrogen and oxygen atoms in total. The Morgan fingerprint density at radius 2 is 1.88 bits per heavy atom. The van der Waals surface area contributed by atoms with E-state index >= 15 is 0 Å². The smallest absolute Gasteiger partial charge is 0.0473 e. The Morgan fingerprint density at radius 3 is 2.56 bits per heavy atom. The molecule has 0 aliphatic carbocycles. The Bertz CT molecular complexity index is 431. The monoisotopic (exact) mass is 214 g/mol. The third-order valence-corrected chi connectivity index (χ3v) is 2.94. The largest absolute Gasteiger partial charge is 0.346 e. The molecule has 0 aliphatic rings. The normalized spacial score (nSPS) is 12.6. The molecule has 0 aliphatic heterocycles. The molecule has 2 rings (SSSR count). The predicted molar refractivity (Wildman–Crippen MR) is 67.5 cm³/mol. The second-order valence-electron chi connectivity index (χ2n) is 4.06. The lowest BCUT2D eigenvalue weighted by molar-refractivity contribution is 0.589. The second-order valence-corrected chi connectivity index (χ2v) is 4.06. The number of benzene rings is 1. The van der Waals surface area contributed by atoms with Gasteiger partial charge in [-0.25, -0.2) is 0 Å². The fraction of sp³-hybridized carbons (Fsp3) is 0.286.